The number of pyridine rings is 1. The fraction of sp³-hybridized carbons (Fsp3) is 0.316. The van der Waals surface area contributed by atoms with Crippen LogP contribution in [0.1, 0.15) is 23.1 Å². The number of morpholine rings is 1. The van der Waals surface area contributed by atoms with Gasteiger partial charge in [-0.3, -0.25) is 0 Å². The Bertz CT molecular complexity index is 956. The maximum Gasteiger partial charge on any atom is 0.416 e. The molecule has 0 amide bonds. The smallest absolute Gasteiger partial charge is 0.370 e. The van der Waals surface area contributed by atoms with Crippen LogP contribution in [-0.4, -0.2) is 34.8 Å². The Hall–Kier alpha value is -2.94. The van der Waals surface area contributed by atoms with E-state index in [1.165, 1.54) is 12.1 Å². The summed E-state index contributed by atoms with van der Waals surface area (Å²) in [7, 11) is 0. The lowest BCUT2D eigenvalue weighted by atomic mass is 10.0. The van der Waals surface area contributed by atoms with Gasteiger partial charge in [-0.2, -0.15) is 18.2 Å². The van der Waals surface area contributed by atoms with Crippen LogP contribution in [0.3, 0.4) is 0 Å². The van der Waals surface area contributed by atoms with Crippen LogP contribution in [-0.2, 0) is 10.9 Å². The number of benzene rings is 1. The summed E-state index contributed by atoms with van der Waals surface area (Å²) < 4.78 is 49.4. The van der Waals surface area contributed by atoms with Gasteiger partial charge in [-0.15, -0.1) is 0 Å². The van der Waals surface area contributed by atoms with E-state index < -0.39 is 11.7 Å². The first-order valence-corrected chi connectivity index (χ1v) is 8.71. The molecule has 9 heteroatoms. The van der Waals surface area contributed by atoms with Crippen molar-refractivity contribution in [2.45, 2.75) is 19.2 Å². The highest BCUT2D eigenvalue weighted by Crippen LogP contribution is 2.33. The second kappa shape index (κ2) is 7.23. The van der Waals surface area contributed by atoms with Crippen LogP contribution in [0.2, 0.25) is 0 Å². The van der Waals surface area contributed by atoms with E-state index in [0.29, 0.717) is 48.4 Å². The molecule has 4 rings (SSSR count). The zero-order valence-electron chi connectivity index (χ0n) is 15.0. The summed E-state index contributed by atoms with van der Waals surface area (Å²) in [5.41, 5.74) is 0.711. The summed E-state index contributed by atoms with van der Waals surface area (Å²) in [6, 6.07) is 8.69. The van der Waals surface area contributed by atoms with Gasteiger partial charge in [0.2, 0.25) is 0 Å². The van der Waals surface area contributed by atoms with E-state index in [4.69, 9.17) is 9.26 Å². The lowest BCUT2D eigenvalue weighted by Crippen LogP contribution is -2.39. The standard InChI is InChI=1S/C19H17F3N4O2/c1-12-24-18(28-25-12)15-3-2-8-23-17(15)26-9-10-27-16(11-26)13-4-6-14(7-5-13)19(20,21)22/h2-8,16H,9-11H2,1H3. The van der Waals surface area contributed by atoms with Gasteiger partial charge in [-0.1, -0.05) is 17.3 Å². The van der Waals surface area contributed by atoms with Crippen molar-refractivity contribution < 1.29 is 22.4 Å². The summed E-state index contributed by atoms with van der Waals surface area (Å²) in [6.07, 6.45) is -3.05. The molecule has 0 saturated carbocycles. The van der Waals surface area contributed by atoms with Crippen molar-refractivity contribution >= 4 is 5.82 Å². The van der Waals surface area contributed by atoms with E-state index in [0.717, 1.165) is 12.1 Å². The SMILES string of the molecule is Cc1noc(-c2cccnc2N2CCOC(c3ccc(C(F)(F)F)cc3)C2)n1. The molecule has 0 aliphatic carbocycles. The summed E-state index contributed by atoms with van der Waals surface area (Å²) in [5, 5.41) is 3.82. The van der Waals surface area contributed by atoms with E-state index >= 15 is 0 Å². The quantitative estimate of drug-likeness (QED) is 0.673. The molecule has 1 aliphatic heterocycles. The van der Waals surface area contributed by atoms with E-state index in [1.54, 1.807) is 19.2 Å². The van der Waals surface area contributed by atoms with E-state index in [9.17, 15) is 13.2 Å². The number of alkyl halides is 3. The molecule has 0 radical (unpaired) electrons. The van der Waals surface area contributed by atoms with E-state index in [1.807, 2.05) is 11.0 Å². The third-order valence-corrected chi connectivity index (χ3v) is 4.52. The molecule has 28 heavy (non-hydrogen) atoms. The zero-order valence-corrected chi connectivity index (χ0v) is 15.0. The van der Waals surface area contributed by atoms with Gasteiger partial charge in [0.1, 0.15) is 11.9 Å². The second-order valence-corrected chi connectivity index (χ2v) is 6.45. The lowest BCUT2D eigenvalue weighted by molar-refractivity contribution is -0.137. The van der Waals surface area contributed by atoms with Crippen molar-refractivity contribution in [1.82, 2.24) is 15.1 Å². The molecule has 1 fully saturated rings. The number of ether oxygens (including phenoxy) is 1. The summed E-state index contributed by atoms with van der Waals surface area (Å²) >= 11 is 0. The van der Waals surface area contributed by atoms with E-state index in [-0.39, 0.29) is 6.10 Å². The molecular formula is C19H17F3N4O2. The minimum atomic E-state index is -4.36. The van der Waals surface area contributed by atoms with Gasteiger partial charge < -0.3 is 14.2 Å². The predicted molar refractivity (Wildman–Crippen MR) is 94.6 cm³/mol. The fourth-order valence-corrected chi connectivity index (χ4v) is 3.15. The number of hydrogen-bond acceptors (Lipinski definition) is 6. The van der Waals surface area contributed by atoms with Gasteiger partial charge in [0.15, 0.2) is 5.82 Å². The maximum atomic E-state index is 12.8. The van der Waals surface area contributed by atoms with Gasteiger partial charge in [0.05, 0.1) is 17.7 Å². The third-order valence-electron chi connectivity index (χ3n) is 4.52. The first kappa shape index (κ1) is 18.4. The molecule has 1 aliphatic rings. The number of rotatable bonds is 3. The summed E-state index contributed by atoms with van der Waals surface area (Å²) in [5.74, 6) is 1.57. The molecule has 3 heterocycles. The van der Waals surface area contributed by atoms with Crippen LogP contribution in [0.5, 0.6) is 0 Å². The second-order valence-electron chi connectivity index (χ2n) is 6.45. The van der Waals surface area contributed by atoms with Crippen molar-refractivity contribution in [3.05, 3.63) is 59.5 Å². The Morgan fingerprint density at radius 2 is 1.93 bits per heavy atom. The Balaban J connectivity index is 1.58. The van der Waals surface area contributed by atoms with Crippen molar-refractivity contribution in [2.75, 3.05) is 24.6 Å². The molecule has 3 aromatic rings. The highest BCUT2D eigenvalue weighted by atomic mass is 19.4. The molecule has 0 bridgehead atoms. The minimum absolute atomic E-state index is 0.365. The maximum absolute atomic E-state index is 12.8. The topological polar surface area (TPSA) is 64.3 Å². The number of aromatic nitrogens is 3. The molecule has 1 aromatic carbocycles. The van der Waals surface area contributed by atoms with Crippen LogP contribution in [0.25, 0.3) is 11.5 Å². The van der Waals surface area contributed by atoms with Crippen LogP contribution in [0.4, 0.5) is 19.0 Å². The summed E-state index contributed by atoms with van der Waals surface area (Å²) in [4.78, 5) is 10.7. The molecule has 0 N–H and O–H groups in total. The molecule has 6 nitrogen and oxygen atoms in total. The first-order chi connectivity index (χ1) is 13.4. The van der Waals surface area contributed by atoms with Crippen molar-refractivity contribution in [3.8, 4) is 11.5 Å². The molecular weight excluding hydrogens is 373 g/mol. The number of anilines is 1. The zero-order chi connectivity index (χ0) is 19.7. The number of nitrogens with zero attached hydrogens (tertiary/aromatic N) is 4. The first-order valence-electron chi connectivity index (χ1n) is 8.71. The van der Waals surface area contributed by atoms with Crippen LogP contribution in [0.15, 0.2) is 47.1 Å². The lowest BCUT2D eigenvalue weighted by Gasteiger charge is -2.34. The highest BCUT2D eigenvalue weighted by molar-refractivity contribution is 5.69. The third kappa shape index (κ3) is 3.70. The summed E-state index contributed by atoms with van der Waals surface area (Å²) in [6.45, 7) is 3.19. The monoisotopic (exact) mass is 390 g/mol. The number of halogens is 3. The molecule has 146 valence electrons. The fourth-order valence-electron chi connectivity index (χ4n) is 3.15. The average molecular weight is 390 g/mol. The average Bonchev–Trinajstić information content (AvgIpc) is 3.14. The molecule has 1 saturated heterocycles. The van der Waals surface area contributed by atoms with Crippen LogP contribution < -0.4 is 4.90 Å². The van der Waals surface area contributed by atoms with Gasteiger partial charge >= 0.3 is 6.18 Å². The highest BCUT2D eigenvalue weighted by Gasteiger charge is 2.31. The van der Waals surface area contributed by atoms with Crippen LogP contribution in [0, 0.1) is 6.92 Å². The Morgan fingerprint density at radius 1 is 1.14 bits per heavy atom. The Labute approximate surface area is 159 Å². The van der Waals surface area contributed by atoms with Crippen LogP contribution >= 0.6 is 0 Å². The molecule has 1 unspecified atom stereocenters. The molecule has 0 spiro atoms. The molecule has 1 atom stereocenters. The minimum Gasteiger partial charge on any atom is -0.370 e. The Kier molecular flexibility index (Phi) is 4.76. The van der Waals surface area contributed by atoms with E-state index in [2.05, 4.69) is 15.1 Å². The van der Waals surface area contributed by atoms with Gasteiger partial charge in [0.25, 0.3) is 5.89 Å². The van der Waals surface area contributed by atoms with Gasteiger partial charge in [-0.25, -0.2) is 4.98 Å². The van der Waals surface area contributed by atoms with Crippen molar-refractivity contribution in [2.24, 2.45) is 0 Å². The van der Waals surface area contributed by atoms with Gasteiger partial charge in [-0.05, 0) is 36.8 Å². The van der Waals surface area contributed by atoms with Gasteiger partial charge in [0, 0.05) is 19.3 Å². The predicted octanol–water partition coefficient (Wildman–Crippen LogP) is 4.04. The van der Waals surface area contributed by atoms with Crippen molar-refractivity contribution in [3.63, 3.8) is 0 Å². The molecule has 2 aromatic heterocycles. The Morgan fingerprint density at radius 3 is 2.61 bits per heavy atom. The number of hydrogen-bond donors (Lipinski definition) is 0. The largest absolute Gasteiger partial charge is 0.416 e. The number of aryl methyl sites for hydroxylation is 1. The van der Waals surface area contributed by atoms with Crippen molar-refractivity contribution in [1.29, 1.82) is 0 Å². The normalized spacial score (nSPS) is 17.7.